The third-order valence-corrected chi connectivity index (χ3v) is 5.96. The standard InChI is InChI=1S/C25H27N3O3S/c1-2-31-23-11-7-21(8-12-23)27-25(30)19-3-5-20(6-4-19)26-24(29)16-28(22-9-10-22)15-18-13-14-32-17-18/h3-8,11-14,17,22H,2,9-10,15-16H2,1H3,(H,26,29)(H,27,30). The first kappa shape index (κ1) is 22.0. The maximum Gasteiger partial charge on any atom is 0.255 e. The molecule has 166 valence electrons. The number of amides is 2. The molecule has 1 aromatic heterocycles. The van der Waals surface area contributed by atoms with Gasteiger partial charge in [0.25, 0.3) is 5.91 Å². The highest BCUT2D eigenvalue weighted by Gasteiger charge is 2.30. The van der Waals surface area contributed by atoms with Crippen LogP contribution in [0.4, 0.5) is 11.4 Å². The van der Waals surface area contributed by atoms with Crippen molar-refractivity contribution >= 4 is 34.5 Å². The number of anilines is 2. The smallest absolute Gasteiger partial charge is 0.255 e. The molecule has 1 aliphatic rings. The van der Waals surface area contributed by atoms with Crippen LogP contribution in [0.15, 0.2) is 65.4 Å². The summed E-state index contributed by atoms with van der Waals surface area (Å²) in [7, 11) is 0. The van der Waals surface area contributed by atoms with Crippen molar-refractivity contribution < 1.29 is 14.3 Å². The van der Waals surface area contributed by atoms with Gasteiger partial charge in [-0.1, -0.05) is 0 Å². The molecule has 2 amide bonds. The van der Waals surface area contributed by atoms with Crippen molar-refractivity contribution in [1.29, 1.82) is 0 Å². The summed E-state index contributed by atoms with van der Waals surface area (Å²) in [5.74, 6) is 0.516. The van der Waals surface area contributed by atoms with Crippen molar-refractivity contribution in [3.63, 3.8) is 0 Å². The lowest BCUT2D eigenvalue weighted by Gasteiger charge is -2.21. The molecule has 7 heteroatoms. The molecule has 1 fully saturated rings. The van der Waals surface area contributed by atoms with Crippen LogP contribution in [0.1, 0.15) is 35.7 Å². The van der Waals surface area contributed by atoms with E-state index in [9.17, 15) is 9.59 Å². The number of thiophene rings is 1. The van der Waals surface area contributed by atoms with E-state index in [0.717, 1.165) is 25.1 Å². The molecule has 6 nitrogen and oxygen atoms in total. The molecule has 32 heavy (non-hydrogen) atoms. The number of hydrogen-bond acceptors (Lipinski definition) is 5. The molecule has 3 aromatic rings. The third kappa shape index (κ3) is 6.18. The quantitative estimate of drug-likeness (QED) is 0.457. The topological polar surface area (TPSA) is 70.7 Å². The number of rotatable bonds is 10. The van der Waals surface area contributed by atoms with E-state index < -0.39 is 0 Å². The highest BCUT2D eigenvalue weighted by molar-refractivity contribution is 7.07. The number of carbonyl (C=O) groups excluding carboxylic acids is 2. The highest BCUT2D eigenvalue weighted by atomic mass is 32.1. The minimum atomic E-state index is -0.206. The van der Waals surface area contributed by atoms with Crippen molar-refractivity contribution in [2.45, 2.75) is 32.4 Å². The lowest BCUT2D eigenvalue weighted by atomic mass is 10.2. The van der Waals surface area contributed by atoms with Crippen molar-refractivity contribution in [2.75, 3.05) is 23.8 Å². The number of benzene rings is 2. The lowest BCUT2D eigenvalue weighted by molar-refractivity contribution is -0.117. The molecule has 0 radical (unpaired) electrons. The molecule has 0 bridgehead atoms. The lowest BCUT2D eigenvalue weighted by Crippen LogP contribution is -2.34. The Hall–Kier alpha value is -3.16. The first-order valence-corrected chi connectivity index (χ1v) is 11.7. The molecular formula is C25H27N3O3S. The summed E-state index contributed by atoms with van der Waals surface area (Å²) in [6, 6.07) is 16.8. The molecule has 0 spiro atoms. The van der Waals surface area contributed by atoms with Crippen LogP contribution in [0.3, 0.4) is 0 Å². The molecule has 2 aromatic carbocycles. The molecular weight excluding hydrogens is 422 g/mol. The summed E-state index contributed by atoms with van der Waals surface area (Å²) < 4.78 is 5.41. The zero-order valence-electron chi connectivity index (χ0n) is 18.0. The molecule has 0 atom stereocenters. The number of hydrogen-bond donors (Lipinski definition) is 2. The van der Waals surface area contributed by atoms with Gasteiger partial charge >= 0.3 is 0 Å². The van der Waals surface area contributed by atoms with Crippen LogP contribution in [0.2, 0.25) is 0 Å². The summed E-state index contributed by atoms with van der Waals surface area (Å²) in [5.41, 5.74) is 3.15. The van der Waals surface area contributed by atoms with Crippen molar-refractivity contribution in [3.05, 3.63) is 76.5 Å². The van der Waals surface area contributed by atoms with E-state index >= 15 is 0 Å². The van der Waals surface area contributed by atoms with Gasteiger partial charge in [0, 0.05) is 29.5 Å². The Balaban J connectivity index is 1.29. The second kappa shape index (κ2) is 10.4. The Bertz CT molecular complexity index is 1030. The summed E-state index contributed by atoms with van der Waals surface area (Å²) >= 11 is 1.68. The van der Waals surface area contributed by atoms with Crippen LogP contribution in [0, 0.1) is 0 Å². The van der Waals surface area contributed by atoms with Crippen LogP contribution in [0.5, 0.6) is 5.75 Å². The highest BCUT2D eigenvalue weighted by Crippen LogP contribution is 2.28. The van der Waals surface area contributed by atoms with Gasteiger partial charge < -0.3 is 15.4 Å². The number of nitrogens with zero attached hydrogens (tertiary/aromatic N) is 1. The van der Waals surface area contributed by atoms with Gasteiger partial charge in [-0.05, 0) is 90.7 Å². The van der Waals surface area contributed by atoms with Gasteiger partial charge in [-0.3, -0.25) is 14.5 Å². The molecule has 1 saturated carbocycles. The largest absolute Gasteiger partial charge is 0.494 e. The fraction of sp³-hybridized carbons (Fsp3) is 0.280. The molecule has 0 saturated heterocycles. The Morgan fingerprint density at radius 2 is 1.69 bits per heavy atom. The fourth-order valence-electron chi connectivity index (χ4n) is 3.47. The molecule has 2 N–H and O–H groups in total. The number of nitrogens with one attached hydrogen (secondary N) is 2. The van der Waals surface area contributed by atoms with Crippen LogP contribution < -0.4 is 15.4 Å². The van der Waals surface area contributed by atoms with Gasteiger partial charge in [0.2, 0.25) is 5.91 Å². The number of carbonyl (C=O) groups is 2. The van der Waals surface area contributed by atoms with Gasteiger partial charge in [-0.25, -0.2) is 0 Å². The first-order valence-electron chi connectivity index (χ1n) is 10.8. The maximum atomic E-state index is 12.6. The summed E-state index contributed by atoms with van der Waals surface area (Å²) in [6.07, 6.45) is 2.30. The molecule has 0 aliphatic heterocycles. The summed E-state index contributed by atoms with van der Waals surface area (Å²) in [5, 5.41) is 10.0. The van der Waals surface area contributed by atoms with Gasteiger partial charge in [0.1, 0.15) is 5.75 Å². The van der Waals surface area contributed by atoms with E-state index in [1.54, 1.807) is 47.7 Å². The first-order chi connectivity index (χ1) is 15.6. The average Bonchev–Trinajstić information content (AvgIpc) is 3.52. The van der Waals surface area contributed by atoms with Crippen LogP contribution in [-0.2, 0) is 11.3 Å². The van der Waals surface area contributed by atoms with E-state index in [2.05, 4.69) is 32.4 Å². The van der Waals surface area contributed by atoms with Gasteiger partial charge in [0.15, 0.2) is 0 Å². The second-order valence-corrected chi connectivity index (χ2v) is 8.58. The normalized spacial score (nSPS) is 13.1. The zero-order valence-corrected chi connectivity index (χ0v) is 18.9. The van der Waals surface area contributed by atoms with Crippen LogP contribution >= 0.6 is 11.3 Å². The number of ether oxygens (including phenoxy) is 1. The third-order valence-electron chi connectivity index (χ3n) is 5.23. The Morgan fingerprint density at radius 1 is 1.00 bits per heavy atom. The average molecular weight is 450 g/mol. The zero-order chi connectivity index (χ0) is 22.3. The fourth-order valence-corrected chi connectivity index (χ4v) is 4.13. The van der Waals surface area contributed by atoms with Crippen molar-refractivity contribution in [2.24, 2.45) is 0 Å². The minimum Gasteiger partial charge on any atom is -0.494 e. The molecule has 0 unspecified atom stereocenters. The van der Waals surface area contributed by atoms with E-state index in [1.807, 2.05) is 19.1 Å². The Morgan fingerprint density at radius 3 is 2.31 bits per heavy atom. The van der Waals surface area contributed by atoms with E-state index in [-0.39, 0.29) is 11.8 Å². The summed E-state index contributed by atoms with van der Waals surface area (Å²) in [6.45, 7) is 3.69. The predicted molar refractivity (Wildman–Crippen MR) is 128 cm³/mol. The van der Waals surface area contributed by atoms with E-state index in [0.29, 0.717) is 36.1 Å². The van der Waals surface area contributed by atoms with Crippen LogP contribution in [0.25, 0.3) is 0 Å². The predicted octanol–water partition coefficient (Wildman–Crippen LogP) is 5.00. The van der Waals surface area contributed by atoms with E-state index in [1.165, 1.54) is 5.56 Å². The van der Waals surface area contributed by atoms with Gasteiger partial charge in [-0.2, -0.15) is 11.3 Å². The molecule has 1 heterocycles. The maximum absolute atomic E-state index is 12.6. The van der Waals surface area contributed by atoms with Crippen LogP contribution in [-0.4, -0.2) is 35.9 Å². The van der Waals surface area contributed by atoms with E-state index in [4.69, 9.17) is 4.74 Å². The second-order valence-electron chi connectivity index (χ2n) is 7.80. The van der Waals surface area contributed by atoms with Gasteiger partial charge in [-0.15, -0.1) is 0 Å². The SMILES string of the molecule is CCOc1ccc(NC(=O)c2ccc(NC(=O)CN(Cc3ccsc3)C3CC3)cc2)cc1. The van der Waals surface area contributed by atoms with Crippen molar-refractivity contribution in [1.82, 2.24) is 4.90 Å². The minimum absolute atomic E-state index is 0.0429. The molecule has 4 rings (SSSR count). The Kier molecular flexibility index (Phi) is 7.19. The Labute approximate surface area is 192 Å². The van der Waals surface area contributed by atoms with Gasteiger partial charge in [0.05, 0.1) is 13.2 Å². The van der Waals surface area contributed by atoms with Crippen molar-refractivity contribution in [3.8, 4) is 5.75 Å². The summed E-state index contributed by atoms with van der Waals surface area (Å²) in [4.78, 5) is 27.3. The monoisotopic (exact) mass is 449 g/mol. The molecule has 1 aliphatic carbocycles.